The van der Waals surface area contributed by atoms with E-state index in [4.69, 9.17) is 0 Å². The van der Waals surface area contributed by atoms with Gasteiger partial charge in [-0.05, 0) is 36.8 Å². The van der Waals surface area contributed by atoms with Crippen molar-refractivity contribution in [3.63, 3.8) is 0 Å². The largest absolute Gasteiger partial charge is 0.356 e. The molecule has 6 heteroatoms. The minimum Gasteiger partial charge on any atom is -0.356 e. The van der Waals surface area contributed by atoms with E-state index in [1.54, 1.807) is 0 Å². The van der Waals surface area contributed by atoms with Gasteiger partial charge in [-0.2, -0.15) is 0 Å². The second-order valence-electron chi connectivity index (χ2n) is 5.62. The van der Waals surface area contributed by atoms with Gasteiger partial charge in [0, 0.05) is 19.0 Å². The number of amides is 1. The van der Waals surface area contributed by atoms with E-state index in [9.17, 15) is 13.2 Å². The molecule has 2 atom stereocenters. The number of carbonyl (C=O) groups is 1. The van der Waals surface area contributed by atoms with E-state index in [0.717, 1.165) is 12.7 Å². The van der Waals surface area contributed by atoms with Crippen LogP contribution in [0.4, 0.5) is 0 Å². The van der Waals surface area contributed by atoms with Crippen molar-refractivity contribution in [2.45, 2.75) is 25.7 Å². The summed E-state index contributed by atoms with van der Waals surface area (Å²) in [6, 6.07) is 8.17. The normalized spacial score (nSPS) is 21.0. The second-order valence-corrected chi connectivity index (χ2v) is 7.45. The topological polar surface area (TPSA) is 75.3 Å². The third-order valence-electron chi connectivity index (χ3n) is 3.73. The van der Waals surface area contributed by atoms with Crippen molar-refractivity contribution in [2.75, 3.05) is 19.3 Å². The fourth-order valence-electron chi connectivity index (χ4n) is 2.52. The van der Waals surface area contributed by atoms with E-state index in [1.807, 2.05) is 12.1 Å². The van der Waals surface area contributed by atoms with Crippen LogP contribution in [0.2, 0.25) is 0 Å². The Morgan fingerprint density at radius 2 is 2.00 bits per heavy atom. The highest BCUT2D eigenvalue weighted by molar-refractivity contribution is 7.88. The summed E-state index contributed by atoms with van der Waals surface area (Å²) in [5, 5.41) is 2.88. The summed E-state index contributed by atoms with van der Waals surface area (Å²) in [5.74, 6) is 0.469. The Labute approximate surface area is 126 Å². The summed E-state index contributed by atoms with van der Waals surface area (Å²) in [5.41, 5.74) is 2.49. The highest BCUT2D eigenvalue weighted by Crippen LogP contribution is 2.48. The molecule has 0 spiro atoms. The van der Waals surface area contributed by atoms with Gasteiger partial charge in [-0.15, -0.1) is 0 Å². The molecule has 1 aliphatic carbocycles. The Morgan fingerprint density at radius 3 is 2.67 bits per heavy atom. The Morgan fingerprint density at radius 1 is 1.29 bits per heavy atom. The van der Waals surface area contributed by atoms with Crippen LogP contribution in [0, 0.1) is 12.8 Å². The molecule has 1 fully saturated rings. The molecule has 0 aromatic heterocycles. The molecule has 1 saturated carbocycles. The molecule has 0 radical (unpaired) electrons. The third-order valence-corrected chi connectivity index (χ3v) is 4.46. The first kappa shape index (κ1) is 16.0. The first-order chi connectivity index (χ1) is 9.88. The van der Waals surface area contributed by atoms with Crippen LogP contribution in [0.25, 0.3) is 0 Å². The van der Waals surface area contributed by atoms with Crippen molar-refractivity contribution in [1.82, 2.24) is 10.0 Å². The molecule has 0 aliphatic heterocycles. The van der Waals surface area contributed by atoms with Gasteiger partial charge < -0.3 is 5.32 Å². The molecular weight excluding hydrogens is 288 g/mol. The number of benzene rings is 1. The van der Waals surface area contributed by atoms with Crippen molar-refractivity contribution in [3.8, 4) is 0 Å². The molecular formula is C15H22N2O3S. The molecule has 0 heterocycles. The molecule has 1 amide bonds. The van der Waals surface area contributed by atoms with E-state index < -0.39 is 10.0 Å². The van der Waals surface area contributed by atoms with E-state index in [1.165, 1.54) is 11.1 Å². The lowest BCUT2D eigenvalue weighted by Crippen LogP contribution is -2.30. The molecule has 1 aromatic rings. The van der Waals surface area contributed by atoms with Crippen LogP contribution in [-0.4, -0.2) is 33.7 Å². The standard InChI is InChI=1S/C15H22N2O3S/c1-11-6-3-4-7-12(11)13-10-14(13)15(18)16-8-5-9-17-21(2,19)20/h3-4,6-7,13-14,17H,5,8-10H2,1-2H3,(H,16,18)/t13-,14+/m0/s1. The Bertz CT molecular complexity index is 613. The van der Waals surface area contributed by atoms with Gasteiger partial charge in [0.25, 0.3) is 0 Å². The van der Waals surface area contributed by atoms with Crippen molar-refractivity contribution >= 4 is 15.9 Å². The van der Waals surface area contributed by atoms with Gasteiger partial charge >= 0.3 is 0 Å². The van der Waals surface area contributed by atoms with Crippen molar-refractivity contribution < 1.29 is 13.2 Å². The zero-order valence-corrected chi connectivity index (χ0v) is 13.2. The van der Waals surface area contributed by atoms with Gasteiger partial charge in [0.15, 0.2) is 0 Å². The van der Waals surface area contributed by atoms with Crippen molar-refractivity contribution in [1.29, 1.82) is 0 Å². The first-order valence-electron chi connectivity index (χ1n) is 7.16. The van der Waals surface area contributed by atoms with E-state index in [-0.39, 0.29) is 11.8 Å². The Kier molecular flexibility index (Phi) is 5.00. The summed E-state index contributed by atoms with van der Waals surface area (Å²) < 4.78 is 24.2. The highest BCUT2D eigenvalue weighted by Gasteiger charge is 2.44. The van der Waals surface area contributed by atoms with Crippen LogP contribution in [-0.2, 0) is 14.8 Å². The highest BCUT2D eigenvalue weighted by atomic mass is 32.2. The van der Waals surface area contributed by atoms with E-state index in [2.05, 4.69) is 29.1 Å². The van der Waals surface area contributed by atoms with Crippen molar-refractivity contribution in [2.24, 2.45) is 5.92 Å². The fourth-order valence-corrected chi connectivity index (χ4v) is 3.04. The number of aryl methyl sites for hydroxylation is 1. The summed E-state index contributed by atoms with van der Waals surface area (Å²) in [4.78, 5) is 12.0. The minimum atomic E-state index is -3.14. The predicted molar refractivity (Wildman–Crippen MR) is 82.5 cm³/mol. The Balaban J connectivity index is 1.71. The second kappa shape index (κ2) is 6.58. The van der Waals surface area contributed by atoms with Gasteiger partial charge in [0.05, 0.1) is 6.26 Å². The summed E-state index contributed by atoms with van der Waals surface area (Å²) in [6.07, 6.45) is 2.63. The molecule has 1 aromatic carbocycles. The quantitative estimate of drug-likeness (QED) is 0.742. The number of hydrogen-bond donors (Lipinski definition) is 2. The average Bonchev–Trinajstić information content (AvgIpc) is 3.17. The predicted octanol–water partition coefficient (Wildman–Crippen LogP) is 1.15. The lowest BCUT2D eigenvalue weighted by Gasteiger charge is -2.07. The van der Waals surface area contributed by atoms with Crippen LogP contribution in [0.15, 0.2) is 24.3 Å². The van der Waals surface area contributed by atoms with Crippen molar-refractivity contribution in [3.05, 3.63) is 35.4 Å². The van der Waals surface area contributed by atoms with Crippen LogP contribution in [0.1, 0.15) is 29.9 Å². The van der Waals surface area contributed by atoms with E-state index in [0.29, 0.717) is 25.4 Å². The van der Waals surface area contributed by atoms with Gasteiger partial charge in [-0.1, -0.05) is 24.3 Å². The SMILES string of the molecule is Cc1ccccc1[C@@H]1C[C@H]1C(=O)NCCCNS(C)(=O)=O. The molecule has 0 unspecified atom stereocenters. The van der Waals surface area contributed by atoms with Gasteiger partial charge in [0.2, 0.25) is 15.9 Å². The average molecular weight is 310 g/mol. The maximum atomic E-state index is 12.0. The first-order valence-corrected chi connectivity index (χ1v) is 9.05. The number of hydrogen-bond acceptors (Lipinski definition) is 3. The van der Waals surface area contributed by atoms with Gasteiger partial charge in [0.1, 0.15) is 0 Å². The zero-order chi connectivity index (χ0) is 15.5. The molecule has 0 bridgehead atoms. The van der Waals surface area contributed by atoms with Crippen LogP contribution in [0.3, 0.4) is 0 Å². The van der Waals surface area contributed by atoms with Gasteiger partial charge in [-0.3, -0.25) is 4.79 Å². The molecule has 116 valence electrons. The molecule has 5 nitrogen and oxygen atoms in total. The van der Waals surface area contributed by atoms with Crippen LogP contribution in [0.5, 0.6) is 0 Å². The number of rotatable bonds is 7. The molecule has 0 saturated heterocycles. The number of carbonyl (C=O) groups excluding carboxylic acids is 1. The lowest BCUT2D eigenvalue weighted by molar-refractivity contribution is -0.122. The number of nitrogens with one attached hydrogen (secondary N) is 2. The molecule has 2 rings (SSSR count). The Hall–Kier alpha value is -1.40. The van der Waals surface area contributed by atoms with Crippen LogP contribution >= 0.6 is 0 Å². The summed E-state index contributed by atoms with van der Waals surface area (Å²) in [7, 11) is -3.14. The maximum Gasteiger partial charge on any atom is 0.223 e. The smallest absolute Gasteiger partial charge is 0.223 e. The molecule has 21 heavy (non-hydrogen) atoms. The van der Waals surface area contributed by atoms with Crippen LogP contribution < -0.4 is 10.0 Å². The fraction of sp³-hybridized carbons (Fsp3) is 0.533. The van der Waals surface area contributed by atoms with Gasteiger partial charge in [-0.25, -0.2) is 13.1 Å². The monoisotopic (exact) mass is 310 g/mol. The van der Waals surface area contributed by atoms with E-state index >= 15 is 0 Å². The maximum absolute atomic E-state index is 12.0. The minimum absolute atomic E-state index is 0.0639. The summed E-state index contributed by atoms with van der Waals surface area (Å²) in [6.45, 7) is 2.92. The zero-order valence-electron chi connectivity index (χ0n) is 12.4. The summed E-state index contributed by atoms with van der Waals surface area (Å²) >= 11 is 0. The molecule has 2 N–H and O–H groups in total. The third kappa shape index (κ3) is 4.82. The number of sulfonamides is 1. The lowest BCUT2D eigenvalue weighted by atomic mass is 10.0. The molecule has 1 aliphatic rings.